The van der Waals surface area contributed by atoms with E-state index in [4.69, 9.17) is 5.11 Å². The van der Waals surface area contributed by atoms with Crippen molar-refractivity contribution in [3.05, 3.63) is 35.4 Å². The van der Waals surface area contributed by atoms with Crippen molar-refractivity contribution in [1.82, 2.24) is 10.6 Å². The first-order valence-corrected chi connectivity index (χ1v) is 9.22. The molecule has 0 saturated heterocycles. The van der Waals surface area contributed by atoms with Gasteiger partial charge in [0.2, 0.25) is 0 Å². The van der Waals surface area contributed by atoms with Gasteiger partial charge in [0, 0.05) is 6.04 Å². The topological polar surface area (TPSA) is 78.4 Å². The molecule has 1 aliphatic carbocycles. The summed E-state index contributed by atoms with van der Waals surface area (Å²) in [6.07, 6.45) is 3.60. The van der Waals surface area contributed by atoms with Gasteiger partial charge >= 0.3 is 12.0 Å². The van der Waals surface area contributed by atoms with E-state index in [1.165, 1.54) is 5.56 Å². The second-order valence-electron chi connectivity index (χ2n) is 7.54. The van der Waals surface area contributed by atoms with Crippen molar-refractivity contribution >= 4 is 12.0 Å². The fourth-order valence-electron chi connectivity index (χ4n) is 3.58. The summed E-state index contributed by atoms with van der Waals surface area (Å²) in [5, 5.41) is 15.2. The molecule has 0 aliphatic heterocycles. The van der Waals surface area contributed by atoms with E-state index in [-0.39, 0.29) is 24.0 Å². The van der Waals surface area contributed by atoms with Crippen molar-refractivity contribution in [2.45, 2.75) is 65.0 Å². The lowest BCUT2D eigenvalue weighted by atomic mass is 9.86. The predicted octanol–water partition coefficient (Wildman–Crippen LogP) is 4.02. The summed E-state index contributed by atoms with van der Waals surface area (Å²) in [6.45, 7) is 6.37. The van der Waals surface area contributed by atoms with Crippen LogP contribution in [0.2, 0.25) is 0 Å². The van der Waals surface area contributed by atoms with Crippen molar-refractivity contribution < 1.29 is 14.7 Å². The van der Waals surface area contributed by atoms with Gasteiger partial charge in [0.1, 0.15) is 0 Å². The fourth-order valence-corrected chi connectivity index (χ4v) is 3.58. The Kier molecular flexibility index (Phi) is 6.85. The highest BCUT2D eigenvalue weighted by Crippen LogP contribution is 2.26. The molecule has 0 radical (unpaired) electrons. The third-order valence-electron chi connectivity index (χ3n) is 4.99. The number of carboxylic acids is 1. The van der Waals surface area contributed by atoms with Crippen LogP contribution in [0.3, 0.4) is 0 Å². The van der Waals surface area contributed by atoms with Crippen molar-refractivity contribution in [2.24, 2.45) is 11.8 Å². The van der Waals surface area contributed by atoms with Gasteiger partial charge < -0.3 is 15.7 Å². The molecule has 5 heteroatoms. The maximum Gasteiger partial charge on any atom is 0.315 e. The molecule has 3 N–H and O–H groups in total. The molecule has 138 valence electrons. The molecule has 1 fully saturated rings. The van der Waals surface area contributed by atoms with Crippen LogP contribution in [0.5, 0.6) is 0 Å². The summed E-state index contributed by atoms with van der Waals surface area (Å²) in [6, 6.07) is 8.03. The molecule has 0 heterocycles. The van der Waals surface area contributed by atoms with Crippen molar-refractivity contribution in [2.75, 3.05) is 0 Å². The van der Waals surface area contributed by atoms with Crippen LogP contribution in [-0.4, -0.2) is 23.1 Å². The minimum Gasteiger partial charge on any atom is -0.481 e. The van der Waals surface area contributed by atoms with E-state index in [0.29, 0.717) is 18.8 Å². The summed E-state index contributed by atoms with van der Waals surface area (Å²) in [7, 11) is 0. The SMILES string of the molecule is Cc1ccccc1C(CC(C)C)NC(=O)NC1CCC(C(=O)O)CC1. The molecular weight excluding hydrogens is 316 g/mol. The second kappa shape index (κ2) is 8.88. The summed E-state index contributed by atoms with van der Waals surface area (Å²) < 4.78 is 0. The smallest absolute Gasteiger partial charge is 0.315 e. The van der Waals surface area contributed by atoms with Gasteiger partial charge in [-0.15, -0.1) is 0 Å². The molecule has 2 rings (SSSR count). The van der Waals surface area contributed by atoms with Crippen LogP contribution >= 0.6 is 0 Å². The number of nitrogens with one attached hydrogen (secondary N) is 2. The summed E-state index contributed by atoms with van der Waals surface area (Å²) in [5.74, 6) is -0.517. The number of rotatable bonds is 6. The Hall–Kier alpha value is -2.04. The summed E-state index contributed by atoms with van der Waals surface area (Å²) >= 11 is 0. The molecule has 2 amide bonds. The van der Waals surface area contributed by atoms with Crippen LogP contribution < -0.4 is 10.6 Å². The van der Waals surface area contributed by atoms with Gasteiger partial charge in [0.05, 0.1) is 12.0 Å². The quantitative estimate of drug-likeness (QED) is 0.728. The number of carboxylic acid groups (broad SMARTS) is 1. The molecule has 5 nitrogen and oxygen atoms in total. The number of carbonyl (C=O) groups is 2. The van der Waals surface area contributed by atoms with Gasteiger partial charge in [-0.25, -0.2) is 4.79 Å². The standard InChI is InChI=1S/C20H30N2O3/c1-13(2)12-18(17-7-5-4-6-14(17)3)22-20(25)21-16-10-8-15(9-11-16)19(23)24/h4-7,13,15-16,18H,8-12H2,1-3H3,(H,23,24)(H2,21,22,25). The summed E-state index contributed by atoms with van der Waals surface area (Å²) in [5.41, 5.74) is 2.33. The Morgan fingerprint density at radius 2 is 1.80 bits per heavy atom. The molecule has 25 heavy (non-hydrogen) atoms. The van der Waals surface area contributed by atoms with Crippen LogP contribution in [0.25, 0.3) is 0 Å². The lowest BCUT2D eigenvalue weighted by molar-refractivity contribution is -0.142. The molecule has 1 unspecified atom stereocenters. The predicted molar refractivity (Wildman–Crippen MR) is 98.4 cm³/mol. The normalized spacial score (nSPS) is 21.6. The third kappa shape index (κ3) is 5.76. The molecule has 1 aromatic carbocycles. The van der Waals surface area contributed by atoms with Gasteiger partial charge in [0.25, 0.3) is 0 Å². The minimum atomic E-state index is -0.723. The van der Waals surface area contributed by atoms with Crippen LogP contribution in [0.1, 0.15) is 63.1 Å². The van der Waals surface area contributed by atoms with Crippen LogP contribution in [0.4, 0.5) is 4.79 Å². The van der Waals surface area contributed by atoms with Gasteiger partial charge in [-0.3, -0.25) is 4.79 Å². The lowest BCUT2D eigenvalue weighted by Crippen LogP contribution is -2.45. The van der Waals surface area contributed by atoms with Crippen LogP contribution in [0, 0.1) is 18.8 Å². The maximum atomic E-state index is 12.5. The number of amides is 2. The average molecular weight is 346 g/mol. The highest BCUT2D eigenvalue weighted by atomic mass is 16.4. The zero-order valence-electron chi connectivity index (χ0n) is 15.4. The zero-order chi connectivity index (χ0) is 18.4. The molecule has 0 spiro atoms. The number of benzene rings is 1. The largest absolute Gasteiger partial charge is 0.481 e. The van der Waals surface area contributed by atoms with E-state index in [1.807, 2.05) is 12.1 Å². The molecule has 0 bridgehead atoms. The van der Waals surface area contributed by atoms with E-state index in [9.17, 15) is 9.59 Å². The van der Waals surface area contributed by atoms with E-state index in [1.54, 1.807) is 0 Å². The lowest BCUT2D eigenvalue weighted by Gasteiger charge is -2.28. The maximum absolute atomic E-state index is 12.5. The number of aryl methyl sites for hydroxylation is 1. The Morgan fingerprint density at radius 3 is 2.36 bits per heavy atom. The zero-order valence-corrected chi connectivity index (χ0v) is 15.4. The summed E-state index contributed by atoms with van der Waals surface area (Å²) in [4.78, 5) is 23.5. The molecule has 1 aliphatic rings. The highest BCUT2D eigenvalue weighted by Gasteiger charge is 2.27. The van der Waals surface area contributed by atoms with Crippen LogP contribution in [-0.2, 0) is 4.79 Å². The van der Waals surface area contributed by atoms with Gasteiger partial charge in [-0.05, 0) is 56.1 Å². The van der Waals surface area contributed by atoms with Gasteiger partial charge in [0.15, 0.2) is 0 Å². The molecular formula is C20H30N2O3. The number of urea groups is 1. The first-order valence-electron chi connectivity index (χ1n) is 9.22. The molecule has 1 aromatic rings. The van der Waals surface area contributed by atoms with E-state index in [0.717, 1.165) is 24.8 Å². The van der Waals surface area contributed by atoms with Crippen molar-refractivity contribution in [3.8, 4) is 0 Å². The van der Waals surface area contributed by atoms with Crippen LogP contribution in [0.15, 0.2) is 24.3 Å². The molecule has 1 atom stereocenters. The Balaban J connectivity index is 1.94. The number of hydrogen-bond donors (Lipinski definition) is 3. The Labute approximate surface area is 150 Å². The minimum absolute atomic E-state index is 0.0171. The number of aliphatic carboxylic acids is 1. The first kappa shape index (κ1) is 19.3. The van der Waals surface area contributed by atoms with E-state index in [2.05, 4.69) is 43.5 Å². The number of hydrogen-bond acceptors (Lipinski definition) is 2. The Bertz CT molecular complexity index is 592. The highest BCUT2D eigenvalue weighted by molar-refractivity contribution is 5.75. The first-order chi connectivity index (χ1) is 11.9. The van der Waals surface area contributed by atoms with Crippen molar-refractivity contribution in [1.29, 1.82) is 0 Å². The Morgan fingerprint density at radius 1 is 1.16 bits per heavy atom. The average Bonchev–Trinajstić information content (AvgIpc) is 2.54. The van der Waals surface area contributed by atoms with E-state index < -0.39 is 5.97 Å². The number of carbonyl (C=O) groups excluding carboxylic acids is 1. The fraction of sp³-hybridized carbons (Fsp3) is 0.600. The molecule has 0 aromatic heterocycles. The van der Waals surface area contributed by atoms with E-state index >= 15 is 0 Å². The second-order valence-corrected chi connectivity index (χ2v) is 7.54. The van der Waals surface area contributed by atoms with Crippen molar-refractivity contribution in [3.63, 3.8) is 0 Å². The molecule has 1 saturated carbocycles. The van der Waals surface area contributed by atoms with Gasteiger partial charge in [-0.1, -0.05) is 38.1 Å². The van der Waals surface area contributed by atoms with Gasteiger partial charge in [-0.2, -0.15) is 0 Å². The third-order valence-corrected chi connectivity index (χ3v) is 4.99. The monoisotopic (exact) mass is 346 g/mol.